The molecule has 1 saturated carbocycles. The Labute approximate surface area is 183 Å². The summed E-state index contributed by atoms with van der Waals surface area (Å²) in [6.45, 7) is 2.14. The van der Waals surface area contributed by atoms with Crippen molar-refractivity contribution in [1.29, 1.82) is 0 Å². The lowest BCUT2D eigenvalue weighted by molar-refractivity contribution is -0.117. The van der Waals surface area contributed by atoms with Crippen LogP contribution in [-0.4, -0.2) is 32.7 Å². The van der Waals surface area contributed by atoms with Crippen molar-refractivity contribution < 1.29 is 18.0 Å². The van der Waals surface area contributed by atoms with Gasteiger partial charge in [0, 0.05) is 18.2 Å². The highest BCUT2D eigenvalue weighted by Crippen LogP contribution is 2.30. The second-order valence-corrected chi connectivity index (χ2v) is 10.1. The Bertz CT molecular complexity index is 987. The van der Waals surface area contributed by atoms with Gasteiger partial charge in [0.15, 0.2) is 9.84 Å². The molecular weight excluding hydrogens is 414 g/mol. The number of urea groups is 1. The summed E-state index contributed by atoms with van der Waals surface area (Å²) in [5, 5.41) is 8.43. The van der Waals surface area contributed by atoms with Crippen molar-refractivity contribution in [1.82, 2.24) is 10.6 Å². The van der Waals surface area contributed by atoms with Crippen LogP contribution in [0.3, 0.4) is 0 Å². The third kappa shape index (κ3) is 7.71. The van der Waals surface area contributed by atoms with E-state index in [9.17, 15) is 18.0 Å². The van der Waals surface area contributed by atoms with Crippen LogP contribution in [0.2, 0.25) is 0 Å². The zero-order valence-corrected chi connectivity index (χ0v) is 18.5. The quantitative estimate of drug-likeness (QED) is 0.490. The van der Waals surface area contributed by atoms with E-state index in [1.165, 1.54) is 0 Å². The number of hydrogen-bond donors (Lipinski definition) is 3. The maximum absolute atomic E-state index is 12.2. The predicted molar refractivity (Wildman–Crippen MR) is 121 cm³/mol. The van der Waals surface area contributed by atoms with Gasteiger partial charge in [-0.15, -0.1) is 0 Å². The molecule has 166 valence electrons. The Hall–Kier alpha value is -2.87. The van der Waals surface area contributed by atoms with Crippen LogP contribution in [0.4, 0.5) is 10.5 Å². The maximum atomic E-state index is 12.2. The van der Waals surface area contributed by atoms with Gasteiger partial charge in [0.05, 0.1) is 17.5 Å². The third-order valence-corrected chi connectivity index (χ3v) is 6.80. The summed E-state index contributed by atoms with van der Waals surface area (Å²) < 4.78 is 24.4. The van der Waals surface area contributed by atoms with Crippen LogP contribution in [0.5, 0.6) is 0 Å². The van der Waals surface area contributed by atoms with Crippen LogP contribution < -0.4 is 16.0 Å². The average molecular weight is 444 g/mol. The van der Waals surface area contributed by atoms with Crippen molar-refractivity contribution in [2.45, 2.75) is 38.0 Å². The van der Waals surface area contributed by atoms with E-state index in [4.69, 9.17) is 0 Å². The first kappa shape index (κ1) is 22.8. The lowest BCUT2D eigenvalue weighted by Crippen LogP contribution is -2.38. The van der Waals surface area contributed by atoms with Crippen molar-refractivity contribution in [3.8, 4) is 0 Å². The highest BCUT2D eigenvalue weighted by molar-refractivity contribution is 7.90. The van der Waals surface area contributed by atoms with E-state index < -0.39 is 9.84 Å². The monoisotopic (exact) mass is 443 g/mol. The molecule has 7 nitrogen and oxygen atoms in total. The number of sulfone groups is 1. The van der Waals surface area contributed by atoms with Crippen molar-refractivity contribution in [3.05, 3.63) is 65.7 Å². The highest BCUT2D eigenvalue weighted by atomic mass is 32.2. The summed E-state index contributed by atoms with van der Waals surface area (Å²) in [6, 6.07) is 15.9. The van der Waals surface area contributed by atoms with E-state index in [1.54, 1.807) is 12.1 Å². The fourth-order valence-corrected chi connectivity index (χ4v) is 4.60. The van der Waals surface area contributed by atoms with Gasteiger partial charge in [-0.2, -0.15) is 0 Å². The van der Waals surface area contributed by atoms with Gasteiger partial charge in [-0.1, -0.05) is 42.5 Å². The molecule has 0 saturated heterocycles. The van der Waals surface area contributed by atoms with Crippen LogP contribution >= 0.6 is 0 Å². The number of anilines is 1. The molecule has 2 aromatic rings. The van der Waals surface area contributed by atoms with Crippen LogP contribution in [0.15, 0.2) is 54.6 Å². The minimum absolute atomic E-state index is 0.00811. The van der Waals surface area contributed by atoms with Gasteiger partial charge >= 0.3 is 6.03 Å². The molecule has 1 fully saturated rings. The molecule has 0 aromatic heterocycles. The number of carbonyl (C=O) groups is 2. The largest absolute Gasteiger partial charge is 0.338 e. The summed E-state index contributed by atoms with van der Waals surface area (Å²) >= 11 is 0. The zero-order valence-electron chi connectivity index (χ0n) is 17.6. The SMILES string of the molecule is CC(NC(=O)NCCCS(=O)(=O)Cc1ccccc1)c1ccc(NC(=O)C2CC2)cc1. The number of benzene rings is 2. The molecule has 0 bridgehead atoms. The fourth-order valence-electron chi connectivity index (χ4n) is 3.17. The van der Waals surface area contributed by atoms with Crippen LogP contribution in [0.25, 0.3) is 0 Å². The van der Waals surface area contributed by atoms with Gasteiger partial charge < -0.3 is 16.0 Å². The molecule has 0 radical (unpaired) electrons. The fraction of sp³-hybridized carbons (Fsp3) is 0.391. The van der Waals surface area contributed by atoms with Gasteiger partial charge in [-0.25, -0.2) is 13.2 Å². The van der Waals surface area contributed by atoms with Gasteiger partial charge in [0.2, 0.25) is 5.91 Å². The number of carbonyl (C=O) groups excluding carboxylic acids is 2. The number of rotatable bonds is 10. The Balaban J connectivity index is 1.36. The van der Waals surface area contributed by atoms with Crippen LogP contribution in [0.1, 0.15) is 43.4 Å². The molecule has 3 amide bonds. The molecule has 0 heterocycles. The van der Waals surface area contributed by atoms with Gasteiger partial charge in [-0.05, 0) is 49.4 Å². The molecule has 31 heavy (non-hydrogen) atoms. The Morgan fingerprint density at radius 1 is 1.03 bits per heavy atom. The molecule has 8 heteroatoms. The van der Waals surface area contributed by atoms with E-state index >= 15 is 0 Å². The first-order valence-electron chi connectivity index (χ1n) is 10.5. The zero-order chi connectivity index (χ0) is 22.3. The molecule has 2 aromatic carbocycles. The van der Waals surface area contributed by atoms with E-state index in [2.05, 4.69) is 16.0 Å². The Morgan fingerprint density at radius 2 is 1.71 bits per heavy atom. The van der Waals surface area contributed by atoms with Gasteiger partial charge in [-0.3, -0.25) is 4.79 Å². The summed E-state index contributed by atoms with van der Waals surface area (Å²) in [4.78, 5) is 23.9. The summed E-state index contributed by atoms with van der Waals surface area (Å²) in [7, 11) is -3.21. The first-order chi connectivity index (χ1) is 14.8. The summed E-state index contributed by atoms with van der Waals surface area (Å²) in [6.07, 6.45) is 2.27. The minimum Gasteiger partial charge on any atom is -0.338 e. The molecule has 1 aliphatic rings. The molecule has 1 aliphatic carbocycles. The van der Waals surface area contributed by atoms with Gasteiger partial charge in [0.25, 0.3) is 0 Å². The maximum Gasteiger partial charge on any atom is 0.315 e. The normalized spacial score (nSPS) is 14.5. The summed E-state index contributed by atoms with van der Waals surface area (Å²) in [5.74, 6) is 0.237. The highest BCUT2D eigenvalue weighted by Gasteiger charge is 2.29. The van der Waals surface area contributed by atoms with Crippen molar-refractivity contribution in [2.24, 2.45) is 5.92 Å². The van der Waals surface area contributed by atoms with E-state index in [1.807, 2.05) is 49.4 Å². The Morgan fingerprint density at radius 3 is 2.35 bits per heavy atom. The Kier molecular flexibility index (Phi) is 7.68. The van der Waals surface area contributed by atoms with Crippen LogP contribution in [-0.2, 0) is 20.4 Å². The number of hydrogen-bond acceptors (Lipinski definition) is 4. The number of amides is 3. The standard InChI is InChI=1S/C23H29N3O4S/c1-17(19-10-12-21(13-11-19)26-22(27)20-8-9-20)25-23(28)24-14-5-15-31(29,30)16-18-6-3-2-4-7-18/h2-4,6-7,10-13,17,20H,5,8-9,14-16H2,1H3,(H,26,27)(H2,24,25,28). The third-order valence-electron chi connectivity index (χ3n) is 5.12. The molecule has 3 N–H and O–H groups in total. The molecular formula is C23H29N3O4S. The molecule has 3 rings (SSSR count). The predicted octanol–water partition coefficient (Wildman–Crippen LogP) is 3.40. The lowest BCUT2D eigenvalue weighted by Gasteiger charge is -2.16. The number of nitrogens with one attached hydrogen (secondary N) is 3. The van der Waals surface area contributed by atoms with Gasteiger partial charge in [0.1, 0.15) is 0 Å². The molecule has 0 aliphatic heterocycles. The molecule has 1 atom stereocenters. The van der Waals surface area contributed by atoms with Crippen molar-refractivity contribution >= 4 is 27.5 Å². The molecule has 0 spiro atoms. The average Bonchev–Trinajstić information content (AvgIpc) is 3.58. The summed E-state index contributed by atoms with van der Waals surface area (Å²) in [5.41, 5.74) is 2.42. The van der Waals surface area contributed by atoms with Crippen molar-refractivity contribution in [3.63, 3.8) is 0 Å². The van der Waals surface area contributed by atoms with E-state index in [0.29, 0.717) is 6.42 Å². The topological polar surface area (TPSA) is 104 Å². The second kappa shape index (κ2) is 10.4. The second-order valence-electron chi connectivity index (χ2n) is 7.94. The van der Waals surface area contributed by atoms with E-state index in [-0.39, 0.29) is 41.9 Å². The first-order valence-corrected chi connectivity index (χ1v) is 12.3. The lowest BCUT2D eigenvalue weighted by atomic mass is 10.1. The smallest absolute Gasteiger partial charge is 0.315 e. The van der Waals surface area contributed by atoms with Crippen LogP contribution in [0, 0.1) is 5.92 Å². The minimum atomic E-state index is -3.21. The molecule has 1 unspecified atom stereocenters. The van der Waals surface area contributed by atoms with Crippen molar-refractivity contribution in [2.75, 3.05) is 17.6 Å². The van der Waals surface area contributed by atoms with E-state index in [0.717, 1.165) is 29.7 Å².